The van der Waals surface area contributed by atoms with Crippen molar-refractivity contribution in [2.75, 3.05) is 13.2 Å². The Balaban J connectivity index is 1.71. The summed E-state index contributed by atoms with van der Waals surface area (Å²) in [5.74, 6) is 0.729. The highest BCUT2D eigenvalue weighted by Gasteiger charge is 2.33. The van der Waals surface area contributed by atoms with Gasteiger partial charge in [0, 0.05) is 45.6 Å². The second kappa shape index (κ2) is 6.06. The lowest BCUT2D eigenvalue weighted by molar-refractivity contribution is 0.0850. The van der Waals surface area contributed by atoms with Crippen molar-refractivity contribution < 1.29 is 13.2 Å². The van der Waals surface area contributed by atoms with Crippen LogP contribution >= 0.6 is 0 Å². The summed E-state index contributed by atoms with van der Waals surface area (Å²) < 4.78 is 36.6. The molecule has 0 aliphatic carbocycles. The molecule has 3 rings (SSSR count). The molecule has 23 heavy (non-hydrogen) atoms. The van der Waals surface area contributed by atoms with Gasteiger partial charge in [0.15, 0.2) is 5.03 Å². The molecule has 0 spiro atoms. The first-order valence-electron chi connectivity index (χ1n) is 7.47. The van der Waals surface area contributed by atoms with Gasteiger partial charge in [0.1, 0.15) is 11.9 Å². The van der Waals surface area contributed by atoms with E-state index >= 15 is 0 Å². The van der Waals surface area contributed by atoms with Gasteiger partial charge in [-0.2, -0.15) is 5.10 Å². The summed E-state index contributed by atoms with van der Waals surface area (Å²) in [4.78, 5) is 4.08. The van der Waals surface area contributed by atoms with Crippen molar-refractivity contribution >= 4 is 10.0 Å². The van der Waals surface area contributed by atoms with Gasteiger partial charge in [0.2, 0.25) is 0 Å². The molecule has 1 aliphatic rings. The van der Waals surface area contributed by atoms with Crippen LogP contribution in [0.25, 0.3) is 0 Å². The van der Waals surface area contributed by atoms with Gasteiger partial charge in [-0.3, -0.25) is 4.68 Å². The van der Waals surface area contributed by atoms with E-state index < -0.39 is 10.0 Å². The molecule has 0 amide bonds. The molecule has 0 radical (unpaired) electrons. The van der Waals surface area contributed by atoms with Gasteiger partial charge in [-0.05, 0) is 19.4 Å². The Kier molecular flexibility index (Phi) is 4.26. The van der Waals surface area contributed by atoms with E-state index in [1.165, 1.54) is 6.20 Å². The Morgan fingerprint density at radius 3 is 2.83 bits per heavy atom. The maximum Gasteiger partial charge on any atom is 0.259 e. The van der Waals surface area contributed by atoms with Crippen molar-refractivity contribution in [3.8, 4) is 0 Å². The molecule has 2 aromatic rings. The molecule has 2 aromatic heterocycles. The molecule has 1 aliphatic heterocycles. The highest BCUT2D eigenvalue weighted by molar-refractivity contribution is 7.89. The zero-order valence-corrected chi connectivity index (χ0v) is 14.2. The number of hydrogen-bond acceptors (Lipinski definition) is 5. The highest BCUT2D eigenvalue weighted by atomic mass is 32.2. The molecule has 0 bridgehead atoms. The van der Waals surface area contributed by atoms with E-state index in [1.54, 1.807) is 29.4 Å². The number of nitrogens with zero attached hydrogens (tertiary/aromatic N) is 4. The molecule has 9 heteroatoms. The molecule has 3 heterocycles. The zero-order chi connectivity index (χ0) is 16.6. The third-order valence-electron chi connectivity index (χ3n) is 4.26. The predicted octanol–water partition coefficient (Wildman–Crippen LogP) is 0.518. The zero-order valence-electron chi connectivity index (χ0n) is 13.4. The minimum atomic E-state index is -3.61. The summed E-state index contributed by atoms with van der Waals surface area (Å²) in [5.41, 5.74) is 0.959. The summed E-state index contributed by atoms with van der Waals surface area (Å²) in [5, 5.41) is 4.20. The van der Waals surface area contributed by atoms with Crippen LogP contribution in [0.4, 0.5) is 0 Å². The standard InChI is InChI=1S/C14H21N5O3S/c1-10-17-13(9-18(10)2)23(20,21)16-8-11-5-7-22-14(11)12-4-6-15-19(12)3/h4,6,9,11,14,16H,5,7-8H2,1-3H3/t11-,14+/m0/s1. The average molecular weight is 339 g/mol. The molecular formula is C14H21N5O3S. The van der Waals surface area contributed by atoms with E-state index in [0.29, 0.717) is 19.0 Å². The van der Waals surface area contributed by atoms with Crippen molar-refractivity contribution in [1.82, 2.24) is 24.1 Å². The topological polar surface area (TPSA) is 91.0 Å². The second-order valence-electron chi connectivity index (χ2n) is 5.81. The number of sulfonamides is 1. The lowest BCUT2D eigenvalue weighted by Gasteiger charge is -2.18. The van der Waals surface area contributed by atoms with Crippen LogP contribution in [0.15, 0.2) is 23.5 Å². The van der Waals surface area contributed by atoms with Crippen LogP contribution < -0.4 is 4.72 Å². The molecule has 8 nitrogen and oxygen atoms in total. The van der Waals surface area contributed by atoms with Crippen LogP contribution in [0, 0.1) is 12.8 Å². The molecule has 0 unspecified atom stereocenters. The van der Waals surface area contributed by atoms with Crippen LogP contribution in [0.1, 0.15) is 24.0 Å². The number of hydrogen-bond donors (Lipinski definition) is 1. The summed E-state index contributed by atoms with van der Waals surface area (Å²) in [6, 6.07) is 1.90. The van der Waals surface area contributed by atoms with Crippen molar-refractivity contribution in [3.05, 3.63) is 30.0 Å². The summed E-state index contributed by atoms with van der Waals surface area (Å²) in [7, 11) is 0.0128. The minimum Gasteiger partial charge on any atom is -0.372 e. The first kappa shape index (κ1) is 16.2. The van der Waals surface area contributed by atoms with Crippen molar-refractivity contribution in [3.63, 3.8) is 0 Å². The van der Waals surface area contributed by atoms with Gasteiger partial charge in [-0.1, -0.05) is 0 Å². The van der Waals surface area contributed by atoms with E-state index in [-0.39, 0.29) is 17.0 Å². The number of ether oxygens (including phenoxy) is 1. The molecule has 0 saturated carbocycles. The first-order valence-corrected chi connectivity index (χ1v) is 8.96. The van der Waals surface area contributed by atoms with Gasteiger partial charge in [0.25, 0.3) is 10.0 Å². The molecule has 1 N–H and O–H groups in total. The first-order chi connectivity index (χ1) is 10.9. The van der Waals surface area contributed by atoms with Crippen LogP contribution in [0.3, 0.4) is 0 Å². The fourth-order valence-corrected chi connectivity index (χ4v) is 3.91. The maximum absolute atomic E-state index is 12.4. The minimum absolute atomic E-state index is 0.0495. The van der Waals surface area contributed by atoms with E-state index in [1.807, 2.05) is 13.1 Å². The van der Waals surface area contributed by atoms with Crippen molar-refractivity contribution in [2.45, 2.75) is 24.5 Å². The fraction of sp³-hybridized carbons (Fsp3) is 0.571. The Morgan fingerprint density at radius 2 is 2.22 bits per heavy atom. The van der Waals surface area contributed by atoms with E-state index in [2.05, 4.69) is 14.8 Å². The average Bonchev–Trinajstić information content (AvgIpc) is 3.18. The third kappa shape index (κ3) is 3.17. The molecule has 1 fully saturated rings. The highest BCUT2D eigenvalue weighted by Crippen LogP contribution is 2.33. The lowest BCUT2D eigenvalue weighted by Crippen LogP contribution is -2.31. The van der Waals surface area contributed by atoms with Crippen LogP contribution in [-0.4, -0.2) is 40.9 Å². The van der Waals surface area contributed by atoms with Crippen molar-refractivity contribution in [1.29, 1.82) is 0 Å². The van der Waals surface area contributed by atoms with E-state index in [0.717, 1.165) is 12.1 Å². The fourth-order valence-electron chi connectivity index (χ4n) is 2.78. The Bertz CT molecular complexity index is 776. The smallest absolute Gasteiger partial charge is 0.259 e. The normalized spacial score (nSPS) is 21.9. The number of imidazole rings is 1. The van der Waals surface area contributed by atoms with Gasteiger partial charge in [0.05, 0.1) is 5.69 Å². The number of rotatable bonds is 5. The summed E-state index contributed by atoms with van der Waals surface area (Å²) in [6.07, 6.45) is 3.89. The number of aromatic nitrogens is 4. The molecule has 0 aromatic carbocycles. The predicted molar refractivity (Wildman–Crippen MR) is 83.1 cm³/mol. The van der Waals surface area contributed by atoms with Crippen LogP contribution in [-0.2, 0) is 28.9 Å². The molecule has 1 saturated heterocycles. The van der Waals surface area contributed by atoms with Crippen LogP contribution in [0.5, 0.6) is 0 Å². The molecule has 2 atom stereocenters. The van der Waals surface area contributed by atoms with E-state index in [4.69, 9.17) is 4.74 Å². The van der Waals surface area contributed by atoms with Gasteiger partial charge in [-0.15, -0.1) is 0 Å². The molecule has 126 valence electrons. The Morgan fingerprint density at radius 1 is 1.43 bits per heavy atom. The van der Waals surface area contributed by atoms with Gasteiger partial charge in [-0.25, -0.2) is 18.1 Å². The quantitative estimate of drug-likeness (QED) is 0.857. The van der Waals surface area contributed by atoms with Crippen molar-refractivity contribution in [2.24, 2.45) is 20.0 Å². The third-order valence-corrected chi connectivity index (χ3v) is 5.56. The summed E-state index contributed by atoms with van der Waals surface area (Å²) in [6.45, 7) is 2.70. The maximum atomic E-state index is 12.4. The van der Waals surface area contributed by atoms with Gasteiger partial charge >= 0.3 is 0 Å². The Labute approximate surface area is 135 Å². The number of aryl methyl sites for hydroxylation is 3. The number of nitrogens with one attached hydrogen (secondary N) is 1. The van der Waals surface area contributed by atoms with Gasteiger partial charge < -0.3 is 9.30 Å². The second-order valence-corrected chi connectivity index (χ2v) is 7.52. The Hall–Kier alpha value is -1.71. The van der Waals surface area contributed by atoms with E-state index in [9.17, 15) is 8.42 Å². The SMILES string of the molecule is Cc1nc(S(=O)(=O)NC[C@@H]2CCO[C@H]2c2ccnn2C)cn1C. The largest absolute Gasteiger partial charge is 0.372 e. The van der Waals surface area contributed by atoms with Crippen LogP contribution in [0.2, 0.25) is 0 Å². The molecular weight excluding hydrogens is 318 g/mol. The summed E-state index contributed by atoms with van der Waals surface area (Å²) >= 11 is 0. The monoisotopic (exact) mass is 339 g/mol. The lowest BCUT2D eigenvalue weighted by atomic mass is 9.99.